The fraction of sp³-hybridized carbons (Fsp3) is 0.0870. The van der Waals surface area contributed by atoms with Crippen molar-refractivity contribution in [2.75, 3.05) is 13.2 Å². The van der Waals surface area contributed by atoms with E-state index in [1.807, 2.05) is 54.6 Å². The first-order chi connectivity index (χ1) is 14.2. The summed E-state index contributed by atoms with van der Waals surface area (Å²) in [6, 6.07) is 24.2. The number of aliphatic hydroxyl groups is 1. The zero-order valence-electron chi connectivity index (χ0n) is 15.6. The molecule has 0 fully saturated rings. The Hall–Kier alpha value is -3.77. The van der Waals surface area contributed by atoms with Crippen LogP contribution in [0.5, 0.6) is 11.6 Å². The van der Waals surface area contributed by atoms with Gasteiger partial charge in [-0.1, -0.05) is 48.5 Å². The lowest BCUT2D eigenvalue weighted by Crippen LogP contribution is -2.26. The maximum Gasteiger partial charge on any atom is 0.251 e. The van der Waals surface area contributed by atoms with Gasteiger partial charge in [0.2, 0.25) is 5.88 Å². The van der Waals surface area contributed by atoms with Gasteiger partial charge in [0.1, 0.15) is 5.75 Å². The third-order valence-corrected chi connectivity index (χ3v) is 4.31. The molecule has 29 heavy (non-hydrogen) atoms. The Kier molecular flexibility index (Phi) is 5.45. The van der Waals surface area contributed by atoms with Crippen molar-refractivity contribution in [1.82, 2.24) is 15.3 Å². The van der Waals surface area contributed by atoms with Crippen molar-refractivity contribution in [3.05, 3.63) is 84.4 Å². The van der Waals surface area contributed by atoms with Gasteiger partial charge < -0.3 is 15.2 Å². The van der Waals surface area contributed by atoms with Gasteiger partial charge in [0.05, 0.1) is 17.5 Å². The number of nitrogens with zero attached hydrogens (tertiary/aromatic N) is 2. The number of carbonyl (C=O) groups is 1. The molecule has 4 rings (SSSR count). The number of hydrogen-bond donors (Lipinski definition) is 2. The van der Waals surface area contributed by atoms with Crippen LogP contribution in [0.15, 0.2) is 78.9 Å². The second-order valence-corrected chi connectivity index (χ2v) is 6.34. The van der Waals surface area contributed by atoms with E-state index in [0.717, 1.165) is 16.5 Å². The highest BCUT2D eigenvalue weighted by Gasteiger charge is 2.12. The standard InChI is InChI=1S/C23H19N3O3/c27-14-13-24-22(28)17-9-6-10-18(15-17)29-23-19-11-4-5-12-20(19)25-21(26-23)16-7-2-1-3-8-16/h1-12,15,27H,13-14H2,(H,24,28). The molecule has 0 bridgehead atoms. The highest BCUT2D eigenvalue weighted by molar-refractivity contribution is 5.94. The van der Waals surface area contributed by atoms with Crippen LogP contribution in [-0.2, 0) is 0 Å². The predicted octanol–water partition coefficient (Wildman–Crippen LogP) is 3.81. The first kappa shape index (κ1) is 18.6. The maximum atomic E-state index is 12.2. The highest BCUT2D eigenvalue weighted by Crippen LogP contribution is 2.30. The summed E-state index contributed by atoms with van der Waals surface area (Å²) in [5.41, 5.74) is 2.10. The van der Waals surface area contributed by atoms with Crippen molar-refractivity contribution in [3.8, 4) is 23.0 Å². The molecule has 2 N–H and O–H groups in total. The molecule has 0 aliphatic carbocycles. The summed E-state index contributed by atoms with van der Waals surface area (Å²) in [7, 11) is 0. The molecule has 4 aromatic rings. The molecule has 1 heterocycles. The number of aliphatic hydroxyl groups excluding tert-OH is 1. The molecule has 0 unspecified atom stereocenters. The molecule has 6 heteroatoms. The van der Waals surface area contributed by atoms with Gasteiger partial charge in [-0.25, -0.2) is 4.98 Å². The Morgan fingerprint density at radius 1 is 0.931 bits per heavy atom. The summed E-state index contributed by atoms with van der Waals surface area (Å²) >= 11 is 0. The molecule has 1 amide bonds. The van der Waals surface area contributed by atoms with Crippen molar-refractivity contribution >= 4 is 16.8 Å². The second-order valence-electron chi connectivity index (χ2n) is 6.34. The molecule has 144 valence electrons. The fourth-order valence-corrected chi connectivity index (χ4v) is 2.93. The number of carbonyl (C=O) groups excluding carboxylic acids is 1. The van der Waals surface area contributed by atoms with E-state index in [0.29, 0.717) is 23.0 Å². The maximum absolute atomic E-state index is 12.2. The minimum Gasteiger partial charge on any atom is -0.438 e. The molecule has 1 aromatic heterocycles. The van der Waals surface area contributed by atoms with Gasteiger partial charge in [0.25, 0.3) is 5.91 Å². The van der Waals surface area contributed by atoms with Gasteiger partial charge in [-0.3, -0.25) is 4.79 Å². The van der Waals surface area contributed by atoms with Gasteiger partial charge in [-0.15, -0.1) is 0 Å². The summed E-state index contributed by atoms with van der Waals surface area (Å²) in [5.74, 6) is 1.20. The smallest absolute Gasteiger partial charge is 0.251 e. The van der Waals surface area contributed by atoms with E-state index in [1.165, 1.54) is 0 Å². The molecule has 0 aliphatic heterocycles. The van der Waals surface area contributed by atoms with Gasteiger partial charge in [-0.05, 0) is 30.3 Å². The SMILES string of the molecule is O=C(NCCO)c1cccc(Oc2nc(-c3ccccc3)nc3ccccc23)c1. The third kappa shape index (κ3) is 4.23. The Balaban J connectivity index is 1.72. The molecular formula is C23H19N3O3. The summed E-state index contributed by atoms with van der Waals surface area (Å²) in [6.07, 6.45) is 0. The van der Waals surface area contributed by atoms with Crippen molar-refractivity contribution < 1.29 is 14.6 Å². The molecule has 0 saturated heterocycles. The van der Waals surface area contributed by atoms with Crippen LogP contribution in [-0.4, -0.2) is 34.1 Å². The zero-order valence-corrected chi connectivity index (χ0v) is 15.6. The summed E-state index contributed by atoms with van der Waals surface area (Å²) in [6.45, 7) is 0.0814. The number of fused-ring (bicyclic) bond motifs is 1. The van der Waals surface area contributed by atoms with Crippen LogP contribution in [0.2, 0.25) is 0 Å². The van der Waals surface area contributed by atoms with Gasteiger partial charge in [-0.2, -0.15) is 4.98 Å². The van der Waals surface area contributed by atoms with E-state index in [9.17, 15) is 4.79 Å². The van der Waals surface area contributed by atoms with Gasteiger partial charge >= 0.3 is 0 Å². The van der Waals surface area contributed by atoms with Crippen LogP contribution in [0.4, 0.5) is 0 Å². The second kappa shape index (κ2) is 8.50. The fourth-order valence-electron chi connectivity index (χ4n) is 2.93. The van der Waals surface area contributed by atoms with Crippen LogP contribution in [0.3, 0.4) is 0 Å². The number of benzene rings is 3. The molecule has 0 saturated carbocycles. The molecule has 0 radical (unpaired) electrons. The summed E-state index contributed by atoms with van der Waals surface area (Å²) < 4.78 is 6.07. The molecular weight excluding hydrogens is 366 g/mol. The van der Waals surface area contributed by atoms with Crippen LogP contribution >= 0.6 is 0 Å². The minimum absolute atomic E-state index is 0.114. The van der Waals surface area contributed by atoms with E-state index in [-0.39, 0.29) is 19.1 Å². The van der Waals surface area contributed by atoms with E-state index in [1.54, 1.807) is 24.3 Å². The highest BCUT2D eigenvalue weighted by atomic mass is 16.5. The van der Waals surface area contributed by atoms with E-state index in [4.69, 9.17) is 9.84 Å². The van der Waals surface area contributed by atoms with Crippen LogP contribution in [0, 0.1) is 0 Å². The Bertz CT molecular complexity index is 1150. The van der Waals surface area contributed by atoms with Gasteiger partial charge in [0, 0.05) is 17.7 Å². The van der Waals surface area contributed by atoms with E-state index in [2.05, 4.69) is 15.3 Å². The van der Waals surface area contributed by atoms with Gasteiger partial charge in [0.15, 0.2) is 5.82 Å². The Morgan fingerprint density at radius 3 is 2.55 bits per heavy atom. The number of rotatable bonds is 6. The van der Waals surface area contributed by atoms with Crippen molar-refractivity contribution in [2.45, 2.75) is 0 Å². The average molecular weight is 385 g/mol. The Morgan fingerprint density at radius 2 is 1.72 bits per heavy atom. The topological polar surface area (TPSA) is 84.3 Å². The van der Waals surface area contributed by atoms with Crippen molar-refractivity contribution in [1.29, 1.82) is 0 Å². The molecule has 0 aliphatic rings. The van der Waals surface area contributed by atoms with Crippen molar-refractivity contribution in [2.24, 2.45) is 0 Å². The number of nitrogens with one attached hydrogen (secondary N) is 1. The number of aromatic nitrogens is 2. The quantitative estimate of drug-likeness (QED) is 0.527. The molecule has 6 nitrogen and oxygen atoms in total. The molecule has 0 spiro atoms. The van der Waals surface area contributed by atoms with E-state index < -0.39 is 0 Å². The average Bonchev–Trinajstić information content (AvgIpc) is 2.78. The summed E-state index contributed by atoms with van der Waals surface area (Å²) in [4.78, 5) is 21.4. The number of ether oxygens (including phenoxy) is 1. The lowest BCUT2D eigenvalue weighted by atomic mass is 10.2. The first-order valence-electron chi connectivity index (χ1n) is 9.24. The predicted molar refractivity (Wildman–Crippen MR) is 111 cm³/mol. The number of hydrogen-bond acceptors (Lipinski definition) is 5. The Labute approximate surface area is 167 Å². The molecule has 0 atom stereocenters. The minimum atomic E-state index is -0.276. The lowest BCUT2D eigenvalue weighted by molar-refractivity contribution is 0.0944. The first-order valence-corrected chi connectivity index (χ1v) is 9.24. The van der Waals surface area contributed by atoms with Crippen molar-refractivity contribution in [3.63, 3.8) is 0 Å². The number of amides is 1. The number of para-hydroxylation sites is 1. The third-order valence-electron chi connectivity index (χ3n) is 4.31. The van der Waals surface area contributed by atoms with Crippen LogP contribution < -0.4 is 10.1 Å². The monoisotopic (exact) mass is 385 g/mol. The normalized spacial score (nSPS) is 10.7. The molecule has 3 aromatic carbocycles. The van der Waals surface area contributed by atoms with Crippen LogP contribution in [0.25, 0.3) is 22.3 Å². The largest absolute Gasteiger partial charge is 0.438 e. The van der Waals surface area contributed by atoms with E-state index >= 15 is 0 Å². The summed E-state index contributed by atoms with van der Waals surface area (Å²) in [5, 5.41) is 12.3. The lowest BCUT2D eigenvalue weighted by Gasteiger charge is -2.11. The zero-order chi connectivity index (χ0) is 20.1. The van der Waals surface area contributed by atoms with Crippen LogP contribution in [0.1, 0.15) is 10.4 Å².